The van der Waals surface area contributed by atoms with Gasteiger partial charge in [0.25, 0.3) is 5.91 Å². The molecule has 3 N–H and O–H groups in total. The molecular formula is C14H20N2O3S. The summed E-state index contributed by atoms with van der Waals surface area (Å²) in [7, 11) is 3.07. The van der Waals surface area contributed by atoms with Crippen molar-refractivity contribution in [3.63, 3.8) is 0 Å². The lowest BCUT2D eigenvalue weighted by Crippen LogP contribution is -2.37. The second-order valence-corrected chi connectivity index (χ2v) is 4.84. The molecule has 0 aliphatic rings. The number of carbonyl (C=O) groups excluding carboxylic acids is 1. The predicted octanol–water partition coefficient (Wildman–Crippen LogP) is 1.89. The molecule has 5 nitrogen and oxygen atoms in total. The Morgan fingerprint density at radius 3 is 2.60 bits per heavy atom. The average Bonchev–Trinajstić information content (AvgIpc) is 2.45. The maximum atomic E-state index is 12.3. The number of methoxy groups -OCH3 is 2. The molecule has 1 aromatic rings. The minimum Gasteiger partial charge on any atom is -0.497 e. The Morgan fingerprint density at radius 2 is 2.10 bits per heavy atom. The number of hydrogen-bond donors (Lipinski definition) is 2. The van der Waals surface area contributed by atoms with Gasteiger partial charge in [-0.25, -0.2) is 0 Å². The van der Waals surface area contributed by atoms with E-state index in [1.807, 2.05) is 6.92 Å². The van der Waals surface area contributed by atoms with Crippen molar-refractivity contribution in [2.75, 3.05) is 14.2 Å². The summed E-state index contributed by atoms with van der Waals surface area (Å²) in [5.74, 6) is 0.883. The Bertz CT molecular complexity index is 491. The summed E-state index contributed by atoms with van der Waals surface area (Å²) in [6.07, 6.45) is 1.23. The Morgan fingerprint density at radius 1 is 1.40 bits per heavy atom. The zero-order chi connectivity index (χ0) is 15.1. The molecule has 1 rings (SSSR count). The molecule has 0 bridgehead atoms. The first-order chi connectivity index (χ1) is 9.51. The third-order valence-electron chi connectivity index (χ3n) is 2.93. The van der Waals surface area contributed by atoms with Gasteiger partial charge in [0.2, 0.25) is 0 Å². The molecule has 0 saturated carbocycles. The average molecular weight is 296 g/mol. The Labute approximate surface area is 124 Å². The van der Waals surface area contributed by atoms with E-state index in [4.69, 9.17) is 27.4 Å². The summed E-state index contributed by atoms with van der Waals surface area (Å²) in [5.41, 5.74) is 5.97. The Balaban J connectivity index is 2.88. The summed E-state index contributed by atoms with van der Waals surface area (Å²) >= 11 is 4.87. The van der Waals surface area contributed by atoms with Crippen LogP contribution in [0, 0.1) is 0 Å². The molecule has 1 atom stereocenters. The van der Waals surface area contributed by atoms with Gasteiger partial charge in [0.15, 0.2) is 0 Å². The molecule has 0 spiro atoms. The molecule has 1 amide bonds. The molecule has 0 aliphatic heterocycles. The van der Waals surface area contributed by atoms with Gasteiger partial charge in [0.05, 0.1) is 24.8 Å². The highest BCUT2D eigenvalue weighted by Crippen LogP contribution is 2.24. The molecule has 0 saturated heterocycles. The Hall–Kier alpha value is -1.82. The SMILES string of the molecule is CCC(CC(N)=S)NC(=O)c1ccc(OC)cc1OC. The number of thiocarbonyl (C=S) groups is 1. The van der Waals surface area contributed by atoms with Crippen LogP contribution in [-0.2, 0) is 0 Å². The van der Waals surface area contributed by atoms with Crippen molar-refractivity contribution in [2.45, 2.75) is 25.8 Å². The number of nitrogens with one attached hydrogen (secondary N) is 1. The van der Waals surface area contributed by atoms with Crippen LogP contribution >= 0.6 is 12.2 Å². The van der Waals surface area contributed by atoms with Gasteiger partial charge in [-0.1, -0.05) is 19.1 Å². The second kappa shape index (κ2) is 7.69. The van der Waals surface area contributed by atoms with Crippen LogP contribution in [0.1, 0.15) is 30.1 Å². The van der Waals surface area contributed by atoms with Crippen LogP contribution in [0.4, 0.5) is 0 Å². The summed E-state index contributed by atoms with van der Waals surface area (Å²) in [4.78, 5) is 12.6. The van der Waals surface area contributed by atoms with Gasteiger partial charge < -0.3 is 20.5 Å². The number of nitrogens with two attached hydrogens (primary N) is 1. The smallest absolute Gasteiger partial charge is 0.255 e. The van der Waals surface area contributed by atoms with E-state index in [1.165, 1.54) is 7.11 Å². The van der Waals surface area contributed by atoms with Gasteiger partial charge in [-0.3, -0.25) is 4.79 Å². The largest absolute Gasteiger partial charge is 0.497 e. The van der Waals surface area contributed by atoms with Crippen molar-refractivity contribution < 1.29 is 14.3 Å². The molecule has 1 unspecified atom stereocenters. The van der Waals surface area contributed by atoms with Crippen LogP contribution in [-0.4, -0.2) is 31.2 Å². The third kappa shape index (κ3) is 4.38. The number of ether oxygens (including phenoxy) is 2. The summed E-state index contributed by atoms with van der Waals surface area (Å²) in [6.45, 7) is 1.97. The Kier molecular flexibility index (Phi) is 6.24. The standard InChI is InChI=1S/C14H20N2O3S/c1-4-9(7-13(15)20)16-14(17)11-6-5-10(18-2)8-12(11)19-3/h5-6,8-9H,4,7H2,1-3H3,(H2,15,20)(H,16,17). The molecule has 110 valence electrons. The first kappa shape index (κ1) is 16.2. The quantitative estimate of drug-likeness (QED) is 0.752. The van der Waals surface area contributed by atoms with E-state index in [1.54, 1.807) is 25.3 Å². The van der Waals surface area contributed by atoms with Crippen molar-refractivity contribution in [3.05, 3.63) is 23.8 Å². The van der Waals surface area contributed by atoms with Crippen LogP contribution in [0.25, 0.3) is 0 Å². The summed E-state index contributed by atoms with van der Waals surface area (Å²) < 4.78 is 10.3. The van der Waals surface area contributed by atoms with Crippen molar-refractivity contribution in [1.29, 1.82) is 0 Å². The summed E-state index contributed by atoms with van der Waals surface area (Å²) in [6, 6.07) is 4.97. The second-order valence-electron chi connectivity index (χ2n) is 4.32. The fourth-order valence-electron chi connectivity index (χ4n) is 1.79. The lowest BCUT2D eigenvalue weighted by molar-refractivity contribution is 0.0934. The van der Waals surface area contributed by atoms with E-state index >= 15 is 0 Å². The highest BCUT2D eigenvalue weighted by molar-refractivity contribution is 7.80. The minimum absolute atomic E-state index is 0.0770. The van der Waals surface area contributed by atoms with Gasteiger partial charge in [-0.05, 0) is 18.6 Å². The van der Waals surface area contributed by atoms with E-state index in [0.717, 1.165) is 6.42 Å². The van der Waals surface area contributed by atoms with E-state index in [-0.39, 0.29) is 11.9 Å². The first-order valence-electron chi connectivity index (χ1n) is 6.33. The van der Waals surface area contributed by atoms with E-state index in [2.05, 4.69) is 5.32 Å². The van der Waals surface area contributed by atoms with Crippen LogP contribution in [0.5, 0.6) is 11.5 Å². The van der Waals surface area contributed by atoms with E-state index < -0.39 is 0 Å². The van der Waals surface area contributed by atoms with Crippen molar-refractivity contribution in [2.24, 2.45) is 5.73 Å². The lowest BCUT2D eigenvalue weighted by Gasteiger charge is -2.17. The zero-order valence-corrected chi connectivity index (χ0v) is 12.8. The highest BCUT2D eigenvalue weighted by Gasteiger charge is 2.17. The minimum atomic E-state index is -0.215. The molecule has 0 radical (unpaired) electrons. The van der Waals surface area contributed by atoms with Crippen molar-refractivity contribution in [3.8, 4) is 11.5 Å². The highest BCUT2D eigenvalue weighted by atomic mass is 32.1. The number of hydrogen-bond acceptors (Lipinski definition) is 4. The number of amides is 1. The van der Waals surface area contributed by atoms with Crippen LogP contribution in [0.3, 0.4) is 0 Å². The normalized spacial score (nSPS) is 11.6. The topological polar surface area (TPSA) is 73.6 Å². The number of benzene rings is 1. The van der Waals surface area contributed by atoms with Gasteiger partial charge in [-0.15, -0.1) is 0 Å². The van der Waals surface area contributed by atoms with Gasteiger partial charge in [0, 0.05) is 18.5 Å². The molecule has 0 aromatic heterocycles. The van der Waals surface area contributed by atoms with Gasteiger partial charge >= 0.3 is 0 Å². The molecule has 20 heavy (non-hydrogen) atoms. The maximum Gasteiger partial charge on any atom is 0.255 e. The molecule has 1 aromatic carbocycles. The third-order valence-corrected chi connectivity index (χ3v) is 3.10. The number of rotatable bonds is 7. The van der Waals surface area contributed by atoms with E-state index in [0.29, 0.717) is 28.5 Å². The zero-order valence-electron chi connectivity index (χ0n) is 11.9. The van der Waals surface area contributed by atoms with Crippen molar-refractivity contribution >= 4 is 23.1 Å². The number of carbonyl (C=O) groups is 1. The fourth-order valence-corrected chi connectivity index (χ4v) is 1.99. The molecule has 6 heteroatoms. The van der Waals surface area contributed by atoms with Crippen molar-refractivity contribution in [1.82, 2.24) is 5.32 Å². The molecule has 0 aliphatic carbocycles. The fraction of sp³-hybridized carbons (Fsp3) is 0.429. The monoisotopic (exact) mass is 296 g/mol. The van der Waals surface area contributed by atoms with E-state index in [9.17, 15) is 4.79 Å². The predicted molar refractivity (Wildman–Crippen MR) is 82.5 cm³/mol. The van der Waals surface area contributed by atoms with Gasteiger partial charge in [0.1, 0.15) is 11.5 Å². The van der Waals surface area contributed by atoms with Crippen LogP contribution in [0.15, 0.2) is 18.2 Å². The van der Waals surface area contributed by atoms with Crippen LogP contribution in [0.2, 0.25) is 0 Å². The molecule has 0 heterocycles. The van der Waals surface area contributed by atoms with Gasteiger partial charge in [-0.2, -0.15) is 0 Å². The lowest BCUT2D eigenvalue weighted by atomic mass is 10.1. The molecule has 0 fully saturated rings. The molecular weight excluding hydrogens is 276 g/mol. The maximum absolute atomic E-state index is 12.3. The van der Waals surface area contributed by atoms with Crippen LogP contribution < -0.4 is 20.5 Å². The first-order valence-corrected chi connectivity index (χ1v) is 6.73. The summed E-state index contributed by atoms with van der Waals surface area (Å²) in [5, 5.41) is 2.90.